The van der Waals surface area contributed by atoms with Crippen LogP contribution in [0.5, 0.6) is 0 Å². The molecular weight excluding hydrogens is 238 g/mol. The van der Waals surface area contributed by atoms with Gasteiger partial charge in [0.25, 0.3) is 0 Å². The summed E-state index contributed by atoms with van der Waals surface area (Å²) in [5, 5.41) is 3.48. The highest BCUT2D eigenvalue weighted by atomic mass is 79.9. The fraction of sp³-hybridized carbons (Fsp3) is 0.500. The average Bonchev–Trinajstić information content (AvgIpc) is 2.68. The molecular formula is C12H14BrN. The summed E-state index contributed by atoms with van der Waals surface area (Å²) in [5.74, 6) is 0.825. The molecule has 0 amide bonds. The summed E-state index contributed by atoms with van der Waals surface area (Å²) in [7, 11) is 0. The third-order valence-corrected chi connectivity index (χ3v) is 4.27. The van der Waals surface area contributed by atoms with Gasteiger partial charge < -0.3 is 5.32 Å². The van der Waals surface area contributed by atoms with Crippen molar-refractivity contribution in [2.24, 2.45) is 5.41 Å². The van der Waals surface area contributed by atoms with Gasteiger partial charge in [0, 0.05) is 11.0 Å². The molecule has 2 unspecified atom stereocenters. The van der Waals surface area contributed by atoms with E-state index >= 15 is 0 Å². The van der Waals surface area contributed by atoms with Crippen LogP contribution >= 0.6 is 15.9 Å². The number of hydrogen-bond acceptors (Lipinski definition) is 1. The molecule has 1 saturated carbocycles. The van der Waals surface area contributed by atoms with E-state index in [1.807, 2.05) is 0 Å². The first-order chi connectivity index (χ1) is 6.80. The van der Waals surface area contributed by atoms with Crippen LogP contribution in [0.15, 0.2) is 28.7 Å². The Morgan fingerprint density at radius 3 is 2.71 bits per heavy atom. The SMILES string of the molecule is Brc1ccc(C2CC23CCNC3)cc1. The van der Waals surface area contributed by atoms with Gasteiger partial charge in [0.15, 0.2) is 0 Å². The predicted octanol–water partition coefficient (Wildman–Crippen LogP) is 2.92. The lowest BCUT2D eigenvalue weighted by molar-refractivity contribution is 0.549. The van der Waals surface area contributed by atoms with Crippen molar-refractivity contribution in [3.8, 4) is 0 Å². The summed E-state index contributed by atoms with van der Waals surface area (Å²) in [4.78, 5) is 0. The lowest BCUT2D eigenvalue weighted by atomic mass is 9.98. The smallest absolute Gasteiger partial charge is 0.0175 e. The molecule has 1 aliphatic carbocycles. The molecule has 1 spiro atoms. The lowest BCUT2D eigenvalue weighted by Gasteiger charge is -2.07. The summed E-state index contributed by atoms with van der Waals surface area (Å²) < 4.78 is 1.18. The van der Waals surface area contributed by atoms with Gasteiger partial charge >= 0.3 is 0 Å². The van der Waals surface area contributed by atoms with Crippen molar-refractivity contribution in [2.45, 2.75) is 18.8 Å². The van der Waals surface area contributed by atoms with Crippen LogP contribution in [0.25, 0.3) is 0 Å². The topological polar surface area (TPSA) is 12.0 Å². The molecule has 3 rings (SSSR count). The van der Waals surface area contributed by atoms with Crippen molar-refractivity contribution >= 4 is 15.9 Å². The molecule has 2 fully saturated rings. The fourth-order valence-electron chi connectivity index (χ4n) is 2.75. The van der Waals surface area contributed by atoms with Crippen molar-refractivity contribution < 1.29 is 0 Å². The Labute approximate surface area is 93.0 Å². The second-order valence-corrected chi connectivity index (χ2v) is 5.51. The molecule has 1 aromatic rings. The van der Waals surface area contributed by atoms with Crippen LogP contribution in [-0.4, -0.2) is 13.1 Å². The van der Waals surface area contributed by atoms with Gasteiger partial charge in [-0.3, -0.25) is 0 Å². The highest BCUT2D eigenvalue weighted by Gasteiger charge is 2.55. The van der Waals surface area contributed by atoms with E-state index in [9.17, 15) is 0 Å². The van der Waals surface area contributed by atoms with E-state index in [0.717, 1.165) is 5.92 Å². The van der Waals surface area contributed by atoms with Crippen LogP contribution in [0.4, 0.5) is 0 Å². The van der Waals surface area contributed by atoms with Gasteiger partial charge in [0.1, 0.15) is 0 Å². The summed E-state index contributed by atoms with van der Waals surface area (Å²) in [6.07, 6.45) is 2.76. The zero-order valence-corrected chi connectivity index (χ0v) is 9.68. The third-order valence-electron chi connectivity index (χ3n) is 3.74. The number of rotatable bonds is 1. The van der Waals surface area contributed by atoms with E-state index < -0.39 is 0 Å². The van der Waals surface area contributed by atoms with Crippen molar-refractivity contribution in [2.75, 3.05) is 13.1 Å². The Morgan fingerprint density at radius 1 is 1.29 bits per heavy atom. The normalized spacial score (nSPS) is 35.1. The van der Waals surface area contributed by atoms with Crippen LogP contribution in [0, 0.1) is 5.41 Å². The highest BCUT2D eigenvalue weighted by Crippen LogP contribution is 2.62. The van der Waals surface area contributed by atoms with Gasteiger partial charge in [-0.05, 0) is 48.4 Å². The second-order valence-electron chi connectivity index (χ2n) is 4.60. The molecule has 1 aromatic carbocycles. The van der Waals surface area contributed by atoms with E-state index in [1.165, 1.54) is 36.0 Å². The monoisotopic (exact) mass is 251 g/mol. The van der Waals surface area contributed by atoms with Crippen LogP contribution < -0.4 is 5.32 Å². The molecule has 2 atom stereocenters. The Hall–Kier alpha value is -0.340. The Bertz CT molecular complexity index is 338. The quantitative estimate of drug-likeness (QED) is 0.810. The standard InChI is InChI=1S/C12H14BrN/c13-10-3-1-9(2-4-10)11-7-12(11)5-6-14-8-12/h1-4,11,14H,5-8H2. The molecule has 0 aromatic heterocycles. The maximum atomic E-state index is 3.48. The van der Waals surface area contributed by atoms with Crippen LogP contribution in [0.3, 0.4) is 0 Å². The van der Waals surface area contributed by atoms with Gasteiger partial charge in [0.05, 0.1) is 0 Å². The van der Waals surface area contributed by atoms with Crippen molar-refractivity contribution in [3.63, 3.8) is 0 Å². The summed E-state index contributed by atoms with van der Waals surface area (Å²) in [6.45, 7) is 2.45. The van der Waals surface area contributed by atoms with Crippen molar-refractivity contribution in [1.29, 1.82) is 0 Å². The molecule has 1 aliphatic heterocycles. The zero-order chi connectivity index (χ0) is 9.60. The van der Waals surface area contributed by atoms with Gasteiger partial charge in [-0.2, -0.15) is 0 Å². The maximum Gasteiger partial charge on any atom is 0.0175 e. The number of halogens is 1. The molecule has 1 N–H and O–H groups in total. The number of benzene rings is 1. The van der Waals surface area contributed by atoms with Crippen LogP contribution in [-0.2, 0) is 0 Å². The van der Waals surface area contributed by atoms with Crippen molar-refractivity contribution in [1.82, 2.24) is 5.32 Å². The second kappa shape index (κ2) is 3.07. The van der Waals surface area contributed by atoms with Crippen LogP contribution in [0.1, 0.15) is 24.3 Å². The number of hydrogen-bond donors (Lipinski definition) is 1. The van der Waals surface area contributed by atoms with Gasteiger partial charge in [0.2, 0.25) is 0 Å². The van der Waals surface area contributed by atoms with E-state index in [2.05, 4.69) is 45.5 Å². The van der Waals surface area contributed by atoms with E-state index in [4.69, 9.17) is 0 Å². The van der Waals surface area contributed by atoms with Crippen LogP contribution in [0.2, 0.25) is 0 Å². The first-order valence-electron chi connectivity index (χ1n) is 5.26. The molecule has 14 heavy (non-hydrogen) atoms. The Balaban J connectivity index is 1.82. The average molecular weight is 252 g/mol. The Kier molecular flexibility index (Phi) is 1.96. The molecule has 0 radical (unpaired) electrons. The largest absolute Gasteiger partial charge is 0.316 e. The summed E-state index contributed by atoms with van der Waals surface area (Å²) in [6, 6.07) is 8.84. The molecule has 1 saturated heterocycles. The molecule has 2 aliphatic rings. The Morgan fingerprint density at radius 2 is 2.07 bits per heavy atom. The number of nitrogens with one attached hydrogen (secondary N) is 1. The molecule has 2 heteroatoms. The third kappa shape index (κ3) is 1.32. The van der Waals surface area contributed by atoms with Gasteiger partial charge in [-0.15, -0.1) is 0 Å². The minimum absolute atomic E-state index is 0.633. The lowest BCUT2D eigenvalue weighted by Crippen LogP contribution is -2.10. The summed E-state index contributed by atoms with van der Waals surface area (Å²) in [5.41, 5.74) is 2.16. The van der Waals surface area contributed by atoms with E-state index in [1.54, 1.807) is 0 Å². The molecule has 1 heterocycles. The maximum absolute atomic E-state index is 3.48. The predicted molar refractivity (Wildman–Crippen MR) is 61.4 cm³/mol. The van der Waals surface area contributed by atoms with E-state index in [0.29, 0.717) is 5.41 Å². The molecule has 74 valence electrons. The van der Waals surface area contributed by atoms with Gasteiger partial charge in [-0.25, -0.2) is 0 Å². The van der Waals surface area contributed by atoms with Crippen molar-refractivity contribution in [3.05, 3.63) is 34.3 Å². The zero-order valence-electron chi connectivity index (χ0n) is 8.09. The minimum atomic E-state index is 0.633. The van der Waals surface area contributed by atoms with Gasteiger partial charge in [-0.1, -0.05) is 28.1 Å². The molecule has 0 bridgehead atoms. The minimum Gasteiger partial charge on any atom is -0.316 e. The first-order valence-corrected chi connectivity index (χ1v) is 6.06. The summed E-state index contributed by atoms with van der Waals surface area (Å²) >= 11 is 3.48. The fourth-order valence-corrected chi connectivity index (χ4v) is 3.01. The first kappa shape index (κ1) is 8.93. The molecule has 1 nitrogen and oxygen atoms in total. The highest BCUT2D eigenvalue weighted by molar-refractivity contribution is 9.10. The van der Waals surface area contributed by atoms with E-state index in [-0.39, 0.29) is 0 Å².